The Morgan fingerprint density at radius 2 is 0.857 bits per heavy atom. The molecule has 0 atom stereocenters. The fraction of sp³-hybridized carbons (Fsp3) is 0. The number of hydrogen-bond donors (Lipinski definition) is 0. The van der Waals surface area contributed by atoms with Gasteiger partial charge in [0.2, 0.25) is 0 Å². The molecular formula is C28H30. The third-order valence-corrected chi connectivity index (χ3v) is 3.22. The second-order valence-corrected chi connectivity index (χ2v) is 5.26. The molecule has 0 aromatic carbocycles. The molecule has 0 aromatic rings. The first-order valence-electron chi connectivity index (χ1n) is 8.98. The van der Waals surface area contributed by atoms with Gasteiger partial charge in [-0.3, -0.25) is 0 Å². The smallest absolute Gasteiger partial charge is 0.0111 e. The Morgan fingerprint density at radius 3 is 1.36 bits per heavy atom. The summed E-state index contributed by atoms with van der Waals surface area (Å²) in [6.07, 6.45) is 38.2. The average Bonchev–Trinajstić information content (AvgIpc) is 2.71. The van der Waals surface area contributed by atoms with Crippen LogP contribution in [0.25, 0.3) is 0 Å². The van der Waals surface area contributed by atoms with E-state index >= 15 is 0 Å². The minimum absolute atomic E-state index is 1.03. The molecule has 0 nitrogen and oxygen atoms in total. The first kappa shape index (κ1) is 24.4. The Kier molecular flexibility index (Phi) is 15.8. The molecule has 0 amide bonds. The lowest BCUT2D eigenvalue weighted by Gasteiger charge is -2.08. The summed E-state index contributed by atoms with van der Waals surface area (Å²) < 4.78 is 0. The number of hydrogen-bond acceptors (Lipinski definition) is 0. The maximum atomic E-state index is 3.79. The van der Waals surface area contributed by atoms with Crippen LogP contribution < -0.4 is 0 Å². The molecule has 0 aliphatic carbocycles. The normalized spacial score (nSPS) is 12.9. The van der Waals surface area contributed by atoms with Crippen molar-refractivity contribution in [2.45, 2.75) is 0 Å². The number of rotatable bonds is 13. The van der Waals surface area contributed by atoms with Gasteiger partial charge in [0, 0.05) is 0 Å². The predicted octanol–water partition coefficient (Wildman–Crippen LogP) is 8.03. The van der Waals surface area contributed by atoms with Gasteiger partial charge < -0.3 is 0 Å². The maximum absolute atomic E-state index is 3.79. The molecule has 0 saturated carbocycles. The zero-order valence-electron chi connectivity index (χ0n) is 16.6. The van der Waals surface area contributed by atoms with E-state index in [-0.39, 0.29) is 0 Å². The van der Waals surface area contributed by atoms with Crippen molar-refractivity contribution in [1.82, 2.24) is 0 Å². The zero-order valence-corrected chi connectivity index (χ0v) is 16.6. The lowest BCUT2D eigenvalue weighted by molar-refractivity contribution is 1.47. The lowest BCUT2D eigenvalue weighted by Crippen LogP contribution is -1.89. The van der Waals surface area contributed by atoms with Gasteiger partial charge in [-0.15, -0.1) is 0 Å². The van der Waals surface area contributed by atoms with E-state index < -0.39 is 0 Å². The van der Waals surface area contributed by atoms with Gasteiger partial charge in [0.1, 0.15) is 0 Å². The van der Waals surface area contributed by atoms with Gasteiger partial charge in [-0.05, 0) is 16.7 Å². The molecule has 0 fully saturated rings. The van der Waals surface area contributed by atoms with Gasteiger partial charge in [-0.25, -0.2) is 0 Å². The van der Waals surface area contributed by atoms with E-state index in [9.17, 15) is 0 Å². The molecule has 0 saturated heterocycles. The van der Waals surface area contributed by atoms with Crippen LogP contribution in [0.1, 0.15) is 0 Å². The minimum Gasteiger partial charge on any atom is -0.0991 e. The second-order valence-electron chi connectivity index (χ2n) is 5.26. The summed E-state index contributed by atoms with van der Waals surface area (Å²) in [5.41, 5.74) is 3.10. The summed E-state index contributed by atoms with van der Waals surface area (Å²) in [6.45, 7) is 18.7. The molecule has 0 rings (SSSR count). The Bertz CT molecular complexity index is 761. The van der Waals surface area contributed by atoms with Crippen molar-refractivity contribution in [2.75, 3.05) is 0 Å². The Balaban J connectivity index is 6.61. The predicted molar refractivity (Wildman–Crippen MR) is 130 cm³/mol. The van der Waals surface area contributed by atoms with Gasteiger partial charge in [0.25, 0.3) is 0 Å². The van der Waals surface area contributed by atoms with Gasteiger partial charge in [-0.2, -0.15) is 0 Å². The highest BCUT2D eigenvalue weighted by atomic mass is 14.1. The number of allylic oxidation sites excluding steroid dienone is 23. The van der Waals surface area contributed by atoms with Crippen molar-refractivity contribution >= 4 is 0 Å². The molecule has 0 aliphatic rings. The molecule has 0 spiro atoms. The van der Waals surface area contributed by atoms with E-state index in [2.05, 4.69) is 32.9 Å². The Morgan fingerprint density at radius 1 is 0.393 bits per heavy atom. The van der Waals surface area contributed by atoms with Crippen LogP contribution >= 0.6 is 0 Å². The fourth-order valence-electron chi connectivity index (χ4n) is 2.01. The van der Waals surface area contributed by atoms with Crippen LogP contribution in [0, 0.1) is 0 Å². The molecule has 28 heavy (non-hydrogen) atoms. The van der Waals surface area contributed by atoms with Crippen molar-refractivity contribution in [2.24, 2.45) is 0 Å². The lowest BCUT2D eigenvalue weighted by atomic mass is 9.97. The van der Waals surface area contributed by atoms with Crippen molar-refractivity contribution in [3.05, 3.63) is 171 Å². The van der Waals surface area contributed by atoms with Gasteiger partial charge in [0.05, 0.1) is 0 Å². The van der Waals surface area contributed by atoms with E-state index in [0.717, 1.165) is 16.7 Å². The molecule has 0 unspecified atom stereocenters. The van der Waals surface area contributed by atoms with E-state index in [4.69, 9.17) is 0 Å². The van der Waals surface area contributed by atoms with Crippen molar-refractivity contribution in [3.8, 4) is 0 Å². The molecule has 0 radical (unpaired) electrons. The summed E-state index contributed by atoms with van der Waals surface area (Å²) >= 11 is 0. The topological polar surface area (TPSA) is 0 Å². The summed E-state index contributed by atoms with van der Waals surface area (Å²) in [5, 5.41) is 0. The standard InChI is InChI=1S/C28H30/c1-6-11-16-19-23-27(24-20-17-12-7-2)28(25-15-10-5)26(21-14-9-4)22-18-13-8-3/h6-25H,1-5H2. The zero-order chi connectivity index (χ0) is 20.9. The molecule has 0 aromatic heterocycles. The minimum atomic E-state index is 1.03. The van der Waals surface area contributed by atoms with E-state index in [1.807, 2.05) is 91.1 Å². The van der Waals surface area contributed by atoms with Crippen LogP contribution in [-0.2, 0) is 0 Å². The van der Waals surface area contributed by atoms with Crippen molar-refractivity contribution in [1.29, 1.82) is 0 Å². The van der Waals surface area contributed by atoms with Crippen LogP contribution in [0.4, 0.5) is 0 Å². The van der Waals surface area contributed by atoms with Crippen LogP contribution in [0.5, 0.6) is 0 Å². The molecule has 142 valence electrons. The summed E-state index contributed by atoms with van der Waals surface area (Å²) in [6, 6.07) is 0. The molecule has 0 bridgehead atoms. The summed E-state index contributed by atoms with van der Waals surface area (Å²) in [5.74, 6) is 0. The molecule has 0 heterocycles. The SMILES string of the molecule is C=CC=CC=CC(C=CC=CC=C)=C(C=CC=C)C(C=CC=C)=CC=CC=C. The average molecular weight is 367 g/mol. The highest BCUT2D eigenvalue weighted by Gasteiger charge is 2.03. The molecule has 0 aliphatic heterocycles. The molecule has 0 N–H and O–H groups in total. The highest BCUT2D eigenvalue weighted by molar-refractivity contribution is 5.57. The second kappa shape index (κ2) is 18.2. The highest BCUT2D eigenvalue weighted by Crippen LogP contribution is 2.21. The summed E-state index contributed by atoms with van der Waals surface area (Å²) in [4.78, 5) is 0. The van der Waals surface area contributed by atoms with Crippen LogP contribution in [0.2, 0.25) is 0 Å². The van der Waals surface area contributed by atoms with Crippen LogP contribution in [-0.4, -0.2) is 0 Å². The molecular weight excluding hydrogens is 336 g/mol. The first-order valence-corrected chi connectivity index (χ1v) is 8.98. The third-order valence-electron chi connectivity index (χ3n) is 3.22. The Labute approximate surface area is 171 Å². The van der Waals surface area contributed by atoms with Gasteiger partial charge in [0.15, 0.2) is 0 Å². The van der Waals surface area contributed by atoms with Crippen molar-refractivity contribution in [3.63, 3.8) is 0 Å². The first-order chi connectivity index (χ1) is 13.7. The monoisotopic (exact) mass is 366 g/mol. The largest absolute Gasteiger partial charge is 0.0991 e. The third kappa shape index (κ3) is 11.8. The van der Waals surface area contributed by atoms with E-state index in [1.54, 1.807) is 30.4 Å². The van der Waals surface area contributed by atoms with E-state index in [0.29, 0.717) is 0 Å². The summed E-state index contributed by atoms with van der Waals surface area (Å²) in [7, 11) is 0. The van der Waals surface area contributed by atoms with E-state index in [1.165, 1.54) is 0 Å². The van der Waals surface area contributed by atoms with Crippen molar-refractivity contribution < 1.29 is 0 Å². The fourth-order valence-corrected chi connectivity index (χ4v) is 2.01. The maximum Gasteiger partial charge on any atom is -0.0111 e. The van der Waals surface area contributed by atoms with Gasteiger partial charge in [-0.1, -0.05) is 154 Å². The van der Waals surface area contributed by atoms with Crippen LogP contribution in [0.3, 0.4) is 0 Å². The van der Waals surface area contributed by atoms with Gasteiger partial charge >= 0.3 is 0 Å². The Hall–Kier alpha value is -3.64. The quantitative estimate of drug-likeness (QED) is 0.289. The van der Waals surface area contributed by atoms with Crippen LogP contribution in [0.15, 0.2) is 171 Å². The molecule has 0 heteroatoms.